The lowest BCUT2D eigenvalue weighted by atomic mass is 10.2. The van der Waals surface area contributed by atoms with Crippen molar-refractivity contribution in [3.05, 3.63) is 53.2 Å². The second-order valence-electron chi connectivity index (χ2n) is 3.41. The summed E-state index contributed by atoms with van der Waals surface area (Å²) in [5.41, 5.74) is 6.57. The van der Waals surface area contributed by atoms with Gasteiger partial charge in [0.25, 0.3) is 5.91 Å². The highest BCUT2D eigenvalue weighted by Gasteiger charge is 2.08. The van der Waals surface area contributed by atoms with Gasteiger partial charge in [0, 0.05) is 11.8 Å². The largest absolute Gasteiger partial charge is 0.396 e. The Kier molecular flexibility index (Phi) is 3.25. The van der Waals surface area contributed by atoms with Crippen molar-refractivity contribution in [1.29, 1.82) is 0 Å². The Hall–Kier alpha value is -2.07. The molecule has 2 aromatic rings. The maximum atomic E-state index is 11.8. The van der Waals surface area contributed by atoms with Crippen LogP contribution in [0.4, 0.5) is 11.5 Å². The van der Waals surface area contributed by atoms with Crippen LogP contribution >= 0.6 is 11.6 Å². The van der Waals surface area contributed by atoms with Crippen LogP contribution in [0.2, 0.25) is 5.02 Å². The number of nitrogen functional groups attached to an aromatic ring is 1. The van der Waals surface area contributed by atoms with Crippen LogP contribution in [-0.2, 0) is 0 Å². The molecule has 0 atom stereocenters. The number of benzene rings is 1. The van der Waals surface area contributed by atoms with E-state index in [0.29, 0.717) is 22.1 Å². The molecule has 0 unspecified atom stereocenters. The van der Waals surface area contributed by atoms with E-state index in [1.165, 1.54) is 12.3 Å². The summed E-state index contributed by atoms with van der Waals surface area (Å²) in [6.45, 7) is 0. The van der Waals surface area contributed by atoms with Crippen molar-refractivity contribution >= 4 is 29.0 Å². The Morgan fingerprint density at radius 2 is 2.00 bits per heavy atom. The molecule has 0 spiro atoms. The highest BCUT2D eigenvalue weighted by Crippen LogP contribution is 2.19. The standard InChI is InChI=1S/C12H10ClN3O/c13-9-6-10(14)11(15-7-9)16-12(17)8-4-2-1-3-5-8/h1-7H,14H2,(H,15,16,17). The highest BCUT2D eigenvalue weighted by molar-refractivity contribution is 6.30. The van der Waals surface area contributed by atoms with Crippen LogP contribution in [0, 0.1) is 0 Å². The molecular weight excluding hydrogens is 238 g/mol. The first kappa shape index (κ1) is 11.4. The molecule has 1 heterocycles. The molecule has 4 nitrogen and oxygen atoms in total. The Morgan fingerprint density at radius 1 is 1.29 bits per heavy atom. The maximum absolute atomic E-state index is 11.8. The second kappa shape index (κ2) is 4.84. The molecule has 5 heteroatoms. The third-order valence-electron chi connectivity index (χ3n) is 2.15. The molecule has 2 rings (SSSR count). The number of anilines is 2. The minimum Gasteiger partial charge on any atom is -0.396 e. The predicted octanol–water partition coefficient (Wildman–Crippen LogP) is 2.57. The van der Waals surface area contributed by atoms with Crippen LogP contribution in [0.15, 0.2) is 42.6 Å². The average molecular weight is 248 g/mol. The molecule has 1 aromatic carbocycles. The van der Waals surface area contributed by atoms with Gasteiger partial charge in [-0.3, -0.25) is 4.79 Å². The number of hydrogen-bond donors (Lipinski definition) is 2. The Labute approximate surface area is 103 Å². The molecule has 1 amide bonds. The molecule has 0 aliphatic carbocycles. The van der Waals surface area contributed by atoms with Gasteiger partial charge in [-0.25, -0.2) is 4.98 Å². The number of nitrogens with zero attached hydrogens (tertiary/aromatic N) is 1. The summed E-state index contributed by atoms with van der Waals surface area (Å²) in [6, 6.07) is 10.4. The van der Waals surface area contributed by atoms with Crippen molar-refractivity contribution in [2.45, 2.75) is 0 Å². The summed E-state index contributed by atoms with van der Waals surface area (Å²) in [4.78, 5) is 15.8. The van der Waals surface area contributed by atoms with Gasteiger partial charge in [-0.1, -0.05) is 29.8 Å². The van der Waals surface area contributed by atoms with E-state index in [1.807, 2.05) is 6.07 Å². The smallest absolute Gasteiger partial charge is 0.256 e. The van der Waals surface area contributed by atoms with Gasteiger partial charge in [0.2, 0.25) is 0 Å². The summed E-state index contributed by atoms with van der Waals surface area (Å²) < 4.78 is 0. The zero-order chi connectivity index (χ0) is 12.3. The Balaban J connectivity index is 2.19. The SMILES string of the molecule is Nc1cc(Cl)cnc1NC(=O)c1ccccc1. The van der Waals surface area contributed by atoms with Gasteiger partial charge in [-0.15, -0.1) is 0 Å². The maximum Gasteiger partial charge on any atom is 0.256 e. The number of carbonyl (C=O) groups is 1. The number of halogens is 1. The fourth-order valence-corrected chi connectivity index (χ4v) is 1.49. The number of amides is 1. The summed E-state index contributed by atoms with van der Waals surface area (Å²) in [7, 11) is 0. The number of carbonyl (C=O) groups excluding carboxylic acids is 1. The molecule has 0 fully saturated rings. The lowest BCUT2D eigenvalue weighted by Crippen LogP contribution is -2.14. The van der Waals surface area contributed by atoms with Gasteiger partial charge in [-0.05, 0) is 18.2 Å². The van der Waals surface area contributed by atoms with Gasteiger partial charge in [0.15, 0.2) is 5.82 Å². The minimum atomic E-state index is -0.257. The molecule has 0 radical (unpaired) electrons. The summed E-state index contributed by atoms with van der Waals surface area (Å²) in [5.74, 6) is 0.0513. The molecule has 0 bridgehead atoms. The van der Waals surface area contributed by atoms with Crippen molar-refractivity contribution in [3.63, 3.8) is 0 Å². The number of hydrogen-bond acceptors (Lipinski definition) is 3. The summed E-state index contributed by atoms with van der Waals surface area (Å²) in [5, 5.41) is 3.05. The number of nitrogens with one attached hydrogen (secondary N) is 1. The molecule has 1 aromatic heterocycles. The zero-order valence-electron chi connectivity index (χ0n) is 8.85. The normalized spacial score (nSPS) is 9.94. The van der Waals surface area contributed by atoms with Crippen molar-refractivity contribution in [2.24, 2.45) is 0 Å². The van der Waals surface area contributed by atoms with E-state index in [0.717, 1.165) is 0 Å². The lowest BCUT2D eigenvalue weighted by molar-refractivity contribution is 0.102. The molecule has 0 saturated heterocycles. The van der Waals surface area contributed by atoms with Gasteiger partial charge in [0.05, 0.1) is 10.7 Å². The Bertz CT molecular complexity index is 543. The first-order chi connectivity index (χ1) is 8.16. The Morgan fingerprint density at radius 3 is 2.65 bits per heavy atom. The number of rotatable bonds is 2. The average Bonchev–Trinajstić information content (AvgIpc) is 2.34. The zero-order valence-corrected chi connectivity index (χ0v) is 9.61. The van der Waals surface area contributed by atoms with Crippen LogP contribution < -0.4 is 11.1 Å². The third-order valence-corrected chi connectivity index (χ3v) is 2.36. The number of pyridine rings is 1. The van der Waals surface area contributed by atoms with Crippen molar-refractivity contribution in [1.82, 2.24) is 4.98 Å². The third kappa shape index (κ3) is 2.73. The van der Waals surface area contributed by atoms with Gasteiger partial charge in [0.1, 0.15) is 0 Å². The second-order valence-corrected chi connectivity index (χ2v) is 3.85. The van der Waals surface area contributed by atoms with E-state index in [9.17, 15) is 4.79 Å². The molecule has 0 aliphatic rings. The van der Waals surface area contributed by atoms with Crippen molar-refractivity contribution < 1.29 is 4.79 Å². The predicted molar refractivity (Wildman–Crippen MR) is 68.1 cm³/mol. The minimum absolute atomic E-state index is 0.257. The highest BCUT2D eigenvalue weighted by atomic mass is 35.5. The first-order valence-electron chi connectivity index (χ1n) is 4.94. The topological polar surface area (TPSA) is 68.0 Å². The van der Waals surface area contributed by atoms with Crippen LogP contribution in [0.5, 0.6) is 0 Å². The van der Waals surface area contributed by atoms with E-state index < -0.39 is 0 Å². The van der Waals surface area contributed by atoms with E-state index >= 15 is 0 Å². The quantitative estimate of drug-likeness (QED) is 0.857. The van der Waals surface area contributed by atoms with Crippen molar-refractivity contribution in [2.75, 3.05) is 11.1 Å². The van der Waals surface area contributed by atoms with E-state index in [1.54, 1.807) is 24.3 Å². The van der Waals surface area contributed by atoms with Gasteiger partial charge < -0.3 is 11.1 Å². The molecule has 17 heavy (non-hydrogen) atoms. The first-order valence-corrected chi connectivity index (χ1v) is 5.32. The summed E-state index contributed by atoms with van der Waals surface area (Å²) in [6.07, 6.45) is 1.43. The fourth-order valence-electron chi connectivity index (χ4n) is 1.33. The molecular formula is C12H10ClN3O. The van der Waals surface area contributed by atoms with Gasteiger partial charge in [-0.2, -0.15) is 0 Å². The number of nitrogens with two attached hydrogens (primary N) is 1. The monoisotopic (exact) mass is 247 g/mol. The van der Waals surface area contributed by atoms with Crippen molar-refractivity contribution in [3.8, 4) is 0 Å². The number of aromatic nitrogens is 1. The van der Waals surface area contributed by atoms with Crippen LogP contribution in [0.1, 0.15) is 10.4 Å². The van der Waals surface area contributed by atoms with E-state index in [4.69, 9.17) is 17.3 Å². The van der Waals surface area contributed by atoms with Crippen LogP contribution in [-0.4, -0.2) is 10.9 Å². The molecule has 86 valence electrons. The van der Waals surface area contributed by atoms with E-state index in [2.05, 4.69) is 10.3 Å². The molecule has 3 N–H and O–H groups in total. The van der Waals surface area contributed by atoms with Crippen LogP contribution in [0.3, 0.4) is 0 Å². The molecule has 0 aliphatic heterocycles. The molecule has 0 saturated carbocycles. The lowest BCUT2D eigenvalue weighted by Gasteiger charge is -2.06. The van der Waals surface area contributed by atoms with Crippen LogP contribution in [0.25, 0.3) is 0 Å². The fraction of sp³-hybridized carbons (Fsp3) is 0. The van der Waals surface area contributed by atoms with E-state index in [-0.39, 0.29) is 5.91 Å². The van der Waals surface area contributed by atoms with Gasteiger partial charge >= 0.3 is 0 Å². The summed E-state index contributed by atoms with van der Waals surface area (Å²) >= 11 is 5.72.